The van der Waals surface area contributed by atoms with Crippen LogP contribution in [0.3, 0.4) is 0 Å². The molecule has 0 amide bonds. The quantitative estimate of drug-likeness (QED) is 0.588. The van der Waals surface area contributed by atoms with Crippen LogP contribution in [0.2, 0.25) is 0 Å². The zero-order valence-electron chi connectivity index (χ0n) is 8.16. The minimum absolute atomic E-state index is 0.162. The standard InChI is InChI=1S/C9H18N4/c1-13-5-3-2-4-8(13)7-6-11-9(10)12-7/h8-9,11H,2-6,10H2,1H3/t8-,9?/m0/s1. The Morgan fingerprint density at radius 1 is 1.54 bits per heavy atom. The predicted octanol–water partition coefficient (Wildman–Crippen LogP) is -0.243. The Kier molecular flexibility index (Phi) is 2.62. The molecule has 0 aliphatic carbocycles. The highest BCUT2D eigenvalue weighted by Gasteiger charge is 2.26. The topological polar surface area (TPSA) is 53.6 Å². The molecule has 74 valence electrons. The third kappa shape index (κ3) is 1.90. The van der Waals surface area contributed by atoms with Crippen LogP contribution < -0.4 is 11.1 Å². The van der Waals surface area contributed by atoms with Gasteiger partial charge in [0.2, 0.25) is 0 Å². The number of rotatable bonds is 1. The molecule has 1 fully saturated rings. The number of piperidine rings is 1. The molecule has 2 aliphatic heterocycles. The molecule has 0 radical (unpaired) electrons. The van der Waals surface area contributed by atoms with Gasteiger partial charge in [0, 0.05) is 18.3 Å². The average Bonchev–Trinajstić information content (AvgIpc) is 2.53. The summed E-state index contributed by atoms with van der Waals surface area (Å²) in [6.07, 6.45) is 3.72. The summed E-state index contributed by atoms with van der Waals surface area (Å²) in [6.45, 7) is 2.06. The second kappa shape index (κ2) is 3.74. The van der Waals surface area contributed by atoms with Crippen LogP contribution in [0.25, 0.3) is 0 Å². The summed E-state index contributed by atoms with van der Waals surface area (Å²) in [5.41, 5.74) is 6.91. The predicted molar refractivity (Wildman–Crippen MR) is 53.7 cm³/mol. The number of aliphatic imine (C=N–C) groups is 1. The van der Waals surface area contributed by atoms with Gasteiger partial charge in [-0.2, -0.15) is 0 Å². The first-order chi connectivity index (χ1) is 6.27. The van der Waals surface area contributed by atoms with Gasteiger partial charge in [-0.1, -0.05) is 6.42 Å². The zero-order chi connectivity index (χ0) is 9.26. The van der Waals surface area contributed by atoms with Crippen molar-refractivity contribution in [3.8, 4) is 0 Å². The van der Waals surface area contributed by atoms with Crippen molar-refractivity contribution in [1.29, 1.82) is 0 Å². The number of hydrogen-bond acceptors (Lipinski definition) is 4. The summed E-state index contributed by atoms with van der Waals surface area (Å²) in [7, 11) is 2.18. The van der Waals surface area contributed by atoms with Gasteiger partial charge in [0.1, 0.15) is 0 Å². The fraction of sp³-hybridized carbons (Fsp3) is 0.889. The lowest BCUT2D eigenvalue weighted by Gasteiger charge is -2.32. The second-order valence-electron chi connectivity index (χ2n) is 3.94. The molecule has 4 heteroatoms. The van der Waals surface area contributed by atoms with Gasteiger partial charge in [0.15, 0.2) is 6.29 Å². The van der Waals surface area contributed by atoms with Crippen LogP contribution in [0.5, 0.6) is 0 Å². The molecule has 4 nitrogen and oxygen atoms in total. The average molecular weight is 182 g/mol. The Bertz CT molecular complexity index is 214. The third-order valence-electron chi connectivity index (χ3n) is 2.95. The van der Waals surface area contributed by atoms with Gasteiger partial charge in [-0.25, -0.2) is 0 Å². The fourth-order valence-electron chi connectivity index (χ4n) is 2.18. The number of nitrogens with zero attached hydrogens (tertiary/aromatic N) is 2. The van der Waals surface area contributed by atoms with E-state index in [4.69, 9.17) is 5.73 Å². The first kappa shape index (κ1) is 9.12. The molecule has 0 bridgehead atoms. The molecule has 0 aromatic rings. The smallest absolute Gasteiger partial charge is 0.151 e. The Morgan fingerprint density at radius 2 is 2.38 bits per heavy atom. The van der Waals surface area contributed by atoms with E-state index in [2.05, 4.69) is 22.3 Å². The molecule has 1 saturated heterocycles. The maximum absolute atomic E-state index is 5.66. The minimum Gasteiger partial charge on any atom is -0.298 e. The van der Waals surface area contributed by atoms with E-state index < -0.39 is 0 Å². The van der Waals surface area contributed by atoms with Gasteiger partial charge in [-0.3, -0.25) is 20.9 Å². The first-order valence-corrected chi connectivity index (χ1v) is 5.03. The number of nitrogens with one attached hydrogen (secondary N) is 1. The summed E-state index contributed by atoms with van der Waals surface area (Å²) in [5.74, 6) is 0. The first-order valence-electron chi connectivity index (χ1n) is 5.03. The highest BCUT2D eigenvalue weighted by Crippen LogP contribution is 2.17. The Balaban J connectivity index is 2.02. The van der Waals surface area contributed by atoms with Crippen molar-refractivity contribution < 1.29 is 0 Å². The highest BCUT2D eigenvalue weighted by atomic mass is 15.3. The maximum Gasteiger partial charge on any atom is 0.151 e. The van der Waals surface area contributed by atoms with Gasteiger partial charge >= 0.3 is 0 Å². The van der Waals surface area contributed by atoms with Gasteiger partial charge in [-0.15, -0.1) is 0 Å². The van der Waals surface area contributed by atoms with Crippen molar-refractivity contribution in [3.63, 3.8) is 0 Å². The molecule has 1 unspecified atom stereocenters. The van der Waals surface area contributed by atoms with Gasteiger partial charge in [0.25, 0.3) is 0 Å². The lowest BCUT2D eigenvalue weighted by molar-refractivity contribution is 0.235. The molecule has 13 heavy (non-hydrogen) atoms. The van der Waals surface area contributed by atoms with Gasteiger partial charge in [-0.05, 0) is 26.4 Å². The van der Waals surface area contributed by atoms with E-state index in [0.717, 1.165) is 6.54 Å². The van der Waals surface area contributed by atoms with E-state index in [1.54, 1.807) is 0 Å². The normalized spacial score (nSPS) is 36.3. The molecule has 2 atom stereocenters. The van der Waals surface area contributed by atoms with Crippen LogP contribution >= 0.6 is 0 Å². The zero-order valence-corrected chi connectivity index (χ0v) is 8.16. The highest BCUT2D eigenvalue weighted by molar-refractivity contribution is 5.92. The Morgan fingerprint density at radius 3 is 3.00 bits per heavy atom. The van der Waals surface area contributed by atoms with Crippen LogP contribution in [0, 0.1) is 0 Å². The van der Waals surface area contributed by atoms with Crippen molar-refractivity contribution in [2.75, 3.05) is 20.1 Å². The Labute approximate surface area is 79.2 Å². The van der Waals surface area contributed by atoms with Crippen LogP contribution in [0.15, 0.2) is 4.99 Å². The molecular weight excluding hydrogens is 164 g/mol. The molecule has 2 rings (SSSR count). The summed E-state index contributed by atoms with van der Waals surface area (Å²) in [4.78, 5) is 6.80. The van der Waals surface area contributed by atoms with Crippen molar-refractivity contribution in [1.82, 2.24) is 10.2 Å². The maximum atomic E-state index is 5.66. The number of hydrogen-bond donors (Lipinski definition) is 2. The molecule has 0 aromatic carbocycles. The van der Waals surface area contributed by atoms with Gasteiger partial charge < -0.3 is 0 Å². The largest absolute Gasteiger partial charge is 0.298 e. The molecular formula is C9H18N4. The molecule has 0 saturated carbocycles. The lowest BCUT2D eigenvalue weighted by atomic mass is 9.99. The minimum atomic E-state index is -0.162. The molecule has 3 N–H and O–H groups in total. The summed E-state index contributed by atoms with van der Waals surface area (Å²) >= 11 is 0. The van der Waals surface area contributed by atoms with E-state index in [-0.39, 0.29) is 6.29 Å². The summed E-state index contributed by atoms with van der Waals surface area (Å²) < 4.78 is 0. The van der Waals surface area contributed by atoms with Crippen molar-refractivity contribution in [2.24, 2.45) is 10.7 Å². The number of nitrogens with two attached hydrogens (primary N) is 1. The third-order valence-corrected chi connectivity index (χ3v) is 2.95. The van der Waals surface area contributed by atoms with Crippen LogP contribution in [0.1, 0.15) is 19.3 Å². The lowest BCUT2D eigenvalue weighted by Crippen LogP contribution is -2.43. The molecule has 0 aromatic heterocycles. The molecule has 2 heterocycles. The number of likely N-dealkylation sites (tertiary alicyclic amines) is 1. The van der Waals surface area contributed by atoms with Gasteiger partial charge in [0.05, 0.1) is 0 Å². The SMILES string of the molecule is CN1CCCC[C@H]1C1=NC(N)NC1. The Hall–Kier alpha value is -0.450. The van der Waals surface area contributed by atoms with Crippen LogP contribution in [0.4, 0.5) is 0 Å². The summed E-state index contributed by atoms with van der Waals surface area (Å²) in [6, 6.07) is 0.537. The van der Waals surface area contributed by atoms with Crippen molar-refractivity contribution in [2.45, 2.75) is 31.6 Å². The molecule has 0 spiro atoms. The summed E-state index contributed by atoms with van der Waals surface area (Å²) in [5, 5.41) is 3.13. The van der Waals surface area contributed by atoms with Crippen molar-refractivity contribution >= 4 is 5.71 Å². The van der Waals surface area contributed by atoms with E-state index in [1.807, 2.05) is 0 Å². The van der Waals surface area contributed by atoms with Crippen LogP contribution in [-0.4, -0.2) is 43.1 Å². The van der Waals surface area contributed by atoms with E-state index in [1.165, 1.54) is 31.5 Å². The van der Waals surface area contributed by atoms with E-state index in [9.17, 15) is 0 Å². The van der Waals surface area contributed by atoms with E-state index in [0.29, 0.717) is 6.04 Å². The van der Waals surface area contributed by atoms with Crippen LogP contribution in [-0.2, 0) is 0 Å². The van der Waals surface area contributed by atoms with Crippen molar-refractivity contribution in [3.05, 3.63) is 0 Å². The van der Waals surface area contributed by atoms with E-state index >= 15 is 0 Å². The monoisotopic (exact) mass is 182 g/mol. The fourth-order valence-corrected chi connectivity index (χ4v) is 2.18. The second-order valence-corrected chi connectivity index (χ2v) is 3.94. The molecule has 2 aliphatic rings.